The molecular formula is C13H16N2O. The van der Waals surface area contributed by atoms with Gasteiger partial charge in [-0.1, -0.05) is 18.6 Å². The highest BCUT2D eigenvalue weighted by molar-refractivity contribution is 5.58. The topological polar surface area (TPSA) is 15.7 Å². The van der Waals surface area contributed by atoms with Gasteiger partial charge >= 0.3 is 0 Å². The molecule has 0 spiro atoms. The molecule has 3 nitrogen and oxygen atoms in total. The lowest BCUT2D eigenvalue weighted by Crippen LogP contribution is -2.44. The molecule has 2 rings (SSSR count). The first-order valence-corrected chi connectivity index (χ1v) is 5.44. The van der Waals surface area contributed by atoms with Crippen LogP contribution in [0.15, 0.2) is 24.3 Å². The van der Waals surface area contributed by atoms with Crippen LogP contribution >= 0.6 is 0 Å². The Hall–Kier alpha value is -1.82. The Balaban J connectivity index is 2.11. The molecule has 1 aliphatic heterocycles. The highest BCUT2D eigenvalue weighted by Crippen LogP contribution is 2.28. The van der Waals surface area contributed by atoms with Crippen molar-refractivity contribution in [1.82, 2.24) is 4.90 Å². The molecule has 0 bridgehead atoms. The van der Waals surface area contributed by atoms with Gasteiger partial charge < -0.3 is 14.5 Å². The molecule has 0 amide bonds. The van der Waals surface area contributed by atoms with Crippen molar-refractivity contribution in [2.75, 3.05) is 38.2 Å². The standard InChI is InChI=1S/C13H16N2O/c1-3-14-8-10-15(11-9-14)12-6-4-5-7-13(12)16-2/h1,4-7H,8-11H2,2H3. The van der Waals surface area contributed by atoms with Crippen molar-refractivity contribution in [3.63, 3.8) is 0 Å². The van der Waals surface area contributed by atoms with Gasteiger partial charge in [-0.25, -0.2) is 0 Å². The zero-order chi connectivity index (χ0) is 11.4. The lowest BCUT2D eigenvalue weighted by Gasteiger charge is -2.34. The van der Waals surface area contributed by atoms with Gasteiger partial charge in [-0.15, -0.1) is 0 Å². The molecule has 0 aliphatic carbocycles. The van der Waals surface area contributed by atoms with Gasteiger partial charge in [0.05, 0.1) is 12.8 Å². The minimum atomic E-state index is 0.911. The first kappa shape index (κ1) is 10.7. The smallest absolute Gasteiger partial charge is 0.142 e. The number of para-hydroxylation sites is 2. The summed E-state index contributed by atoms with van der Waals surface area (Å²) in [6, 6.07) is 10.8. The summed E-state index contributed by atoms with van der Waals surface area (Å²) >= 11 is 0. The number of benzene rings is 1. The largest absolute Gasteiger partial charge is 0.495 e. The zero-order valence-corrected chi connectivity index (χ0v) is 9.52. The van der Waals surface area contributed by atoms with Gasteiger partial charge in [0.2, 0.25) is 0 Å². The van der Waals surface area contributed by atoms with Crippen LogP contribution in [-0.2, 0) is 0 Å². The van der Waals surface area contributed by atoms with E-state index in [-0.39, 0.29) is 0 Å². The number of hydrogen-bond donors (Lipinski definition) is 0. The Kier molecular flexibility index (Phi) is 3.21. The Morgan fingerprint density at radius 1 is 1.19 bits per heavy atom. The first-order chi connectivity index (χ1) is 7.85. The van der Waals surface area contributed by atoms with Crippen LogP contribution in [0.3, 0.4) is 0 Å². The van der Waals surface area contributed by atoms with Crippen LogP contribution in [0.25, 0.3) is 0 Å². The molecule has 1 saturated heterocycles. The molecule has 0 aromatic heterocycles. The van der Waals surface area contributed by atoms with Gasteiger partial charge in [-0.2, -0.15) is 0 Å². The van der Waals surface area contributed by atoms with E-state index in [2.05, 4.69) is 17.0 Å². The molecule has 0 radical (unpaired) electrons. The summed E-state index contributed by atoms with van der Waals surface area (Å²) in [5.41, 5.74) is 1.15. The third kappa shape index (κ3) is 2.06. The van der Waals surface area contributed by atoms with Gasteiger partial charge in [-0.05, 0) is 12.1 Å². The summed E-state index contributed by atoms with van der Waals surface area (Å²) < 4.78 is 5.36. The number of hydrogen-bond acceptors (Lipinski definition) is 3. The van der Waals surface area contributed by atoms with E-state index < -0.39 is 0 Å². The van der Waals surface area contributed by atoms with Crippen LogP contribution in [0.5, 0.6) is 5.75 Å². The fourth-order valence-electron chi connectivity index (χ4n) is 1.97. The summed E-state index contributed by atoms with van der Waals surface area (Å²) in [4.78, 5) is 4.32. The van der Waals surface area contributed by atoms with E-state index in [0.29, 0.717) is 0 Å². The van der Waals surface area contributed by atoms with Gasteiger partial charge in [0, 0.05) is 32.2 Å². The van der Waals surface area contributed by atoms with Crippen LogP contribution in [0.1, 0.15) is 0 Å². The Morgan fingerprint density at radius 2 is 1.88 bits per heavy atom. The van der Waals surface area contributed by atoms with E-state index >= 15 is 0 Å². The number of nitrogens with zero attached hydrogens (tertiary/aromatic N) is 2. The number of anilines is 1. The summed E-state index contributed by atoms with van der Waals surface area (Å²) in [6.45, 7) is 3.72. The van der Waals surface area contributed by atoms with Crippen molar-refractivity contribution in [2.24, 2.45) is 0 Å². The molecule has 16 heavy (non-hydrogen) atoms. The third-order valence-corrected chi connectivity index (χ3v) is 2.89. The first-order valence-electron chi connectivity index (χ1n) is 5.44. The van der Waals surface area contributed by atoms with Crippen molar-refractivity contribution < 1.29 is 4.74 Å². The van der Waals surface area contributed by atoms with Crippen LogP contribution in [0.4, 0.5) is 5.69 Å². The maximum atomic E-state index is 5.38. The fourth-order valence-corrected chi connectivity index (χ4v) is 1.97. The normalized spacial score (nSPS) is 15.8. The zero-order valence-electron chi connectivity index (χ0n) is 9.52. The second-order valence-corrected chi connectivity index (χ2v) is 3.78. The van der Waals surface area contributed by atoms with Crippen LogP contribution in [-0.4, -0.2) is 38.2 Å². The van der Waals surface area contributed by atoms with Crippen molar-refractivity contribution in [3.8, 4) is 18.2 Å². The predicted molar refractivity (Wildman–Crippen MR) is 65.6 cm³/mol. The molecular weight excluding hydrogens is 200 g/mol. The van der Waals surface area contributed by atoms with E-state index in [1.165, 1.54) is 0 Å². The summed E-state index contributed by atoms with van der Waals surface area (Å²) in [7, 11) is 1.70. The molecule has 0 saturated carbocycles. The number of ether oxygens (including phenoxy) is 1. The van der Waals surface area contributed by atoms with Gasteiger partial charge in [0.25, 0.3) is 0 Å². The lowest BCUT2D eigenvalue weighted by molar-refractivity contribution is 0.364. The van der Waals surface area contributed by atoms with Gasteiger partial charge in [-0.3, -0.25) is 0 Å². The lowest BCUT2D eigenvalue weighted by atomic mass is 10.2. The van der Waals surface area contributed by atoms with E-state index in [9.17, 15) is 0 Å². The van der Waals surface area contributed by atoms with Crippen LogP contribution in [0, 0.1) is 12.5 Å². The quantitative estimate of drug-likeness (QED) is 0.695. The molecule has 3 heteroatoms. The molecule has 1 fully saturated rings. The van der Waals surface area contributed by atoms with E-state index in [0.717, 1.165) is 37.6 Å². The SMILES string of the molecule is C#CN1CCN(c2ccccc2OC)CC1. The van der Waals surface area contributed by atoms with E-state index in [1.54, 1.807) is 7.11 Å². The van der Waals surface area contributed by atoms with Gasteiger partial charge in [0.1, 0.15) is 5.75 Å². The Labute approximate surface area is 96.6 Å². The predicted octanol–water partition coefficient (Wildman–Crippen LogP) is 1.41. The van der Waals surface area contributed by atoms with Crippen molar-refractivity contribution in [1.29, 1.82) is 0 Å². The third-order valence-electron chi connectivity index (χ3n) is 2.89. The number of rotatable bonds is 2. The van der Waals surface area contributed by atoms with Crippen molar-refractivity contribution >= 4 is 5.69 Å². The minimum absolute atomic E-state index is 0.911. The number of methoxy groups -OCH3 is 1. The second-order valence-electron chi connectivity index (χ2n) is 3.78. The maximum Gasteiger partial charge on any atom is 0.142 e. The molecule has 1 aromatic carbocycles. The summed E-state index contributed by atoms with van der Waals surface area (Å²) in [6.07, 6.45) is 5.38. The maximum absolute atomic E-state index is 5.38. The van der Waals surface area contributed by atoms with Crippen molar-refractivity contribution in [3.05, 3.63) is 24.3 Å². The van der Waals surface area contributed by atoms with Crippen LogP contribution < -0.4 is 9.64 Å². The Morgan fingerprint density at radius 3 is 2.50 bits per heavy atom. The van der Waals surface area contributed by atoms with Crippen molar-refractivity contribution in [2.45, 2.75) is 0 Å². The Bertz CT molecular complexity index is 389. The molecule has 1 heterocycles. The monoisotopic (exact) mass is 216 g/mol. The average Bonchev–Trinajstić information content (AvgIpc) is 2.39. The molecule has 0 atom stereocenters. The summed E-state index contributed by atoms with van der Waals surface area (Å²) in [5, 5.41) is 0. The molecule has 84 valence electrons. The van der Waals surface area contributed by atoms with Crippen LogP contribution in [0.2, 0.25) is 0 Å². The molecule has 0 N–H and O–H groups in total. The summed E-state index contributed by atoms with van der Waals surface area (Å²) in [5.74, 6) is 0.927. The highest BCUT2D eigenvalue weighted by Gasteiger charge is 2.17. The van der Waals surface area contributed by atoms with E-state index in [1.807, 2.05) is 23.1 Å². The second kappa shape index (κ2) is 4.80. The average molecular weight is 216 g/mol. The molecule has 0 unspecified atom stereocenters. The van der Waals surface area contributed by atoms with Gasteiger partial charge in [0.15, 0.2) is 0 Å². The van der Waals surface area contributed by atoms with E-state index in [4.69, 9.17) is 11.2 Å². The number of terminal acetylenes is 1. The fraction of sp³-hybridized carbons (Fsp3) is 0.385. The minimum Gasteiger partial charge on any atom is -0.495 e. The highest BCUT2D eigenvalue weighted by atomic mass is 16.5. The molecule has 1 aliphatic rings. The molecule has 1 aromatic rings. The number of piperazine rings is 1.